The first-order chi connectivity index (χ1) is 8.29. The Kier molecular flexibility index (Phi) is 4.40. The van der Waals surface area contributed by atoms with Gasteiger partial charge in [0.15, 0.2) is 0 Å². The molecule has 90 valence electrons. The van der Waals surface area contributed by atoms with E-state index in [4.69, 9.17) is 0 Å². The van der Waals surface area contributed by atoms with Crippen molar-refractivity contribution in [2.75, 3.05) is 18.6 Å². The Morgan fingerprint density at radius 2 is 2.12 bits per heavy atom. The normalized spacial score (nSPS) is 10.9. The van der Waals surface area contributed by atoms with E-state index in [-0.39, 0.29) is 0 Å². The minimum Gasteiger partial charge on any atom is -0.312 e. The number of hydrogen-bond donors (Lipinski definition) is 1. The average Bonchev–Trinajstić information content (AvgIpc) is 2.35. The van der Waals surface area contributed by atoms with Crippen LogP contribution in [0.25, 0.3) is 10.9 Å². The van der Waals surface area contributed by atoms with Crippen LogP contribution in [-0.2, 0) is 6.54 Å². The molecule has 0 radical (unpaired) electrons. The molecule has 0 aliphatic carbocycles. The summed E-state index contributed by atoms with van der Waals surface area (Å²) < 4.78 is 0. The van der Waals surface area contributed by atoms with Crippen molar-refractivity contribution < 1.29 is 0 Å². The van der Waals surface area contributed by atoms with Crippen LogP contribution in [0.15, 0.2) is 30.3 Å². The highest BCUT2D eigenvalue weighted by Crippen LogP contribution is 2.14. The number of thioether (sulfide) groups is 1. The van der Waals surface area contributed by atoms with Gasteiger partial charge in [-0.3, -0.25) is 4.98 Å². The number of hydrogen-bond acceptors (Lipinski definition) is 3. The van der Waals surface area contributed by atoms with E-state index >= 15 is 0 Å². The van der Waals surface area contributed by atoms with Gasteiger partial charge in [0.05, 0.1) is 5.52 Å². The first kappa shape index (κ1) is 12.4. The molecule has 2 rings (SSSR count). The minimum atomic E-state index is 0.935. The topological polar surface area (TPSA) is 24.9 Å². The summed E-state index contributed by atoms with van der Waals surface area (Å²) in [6.45, 7) is 4.02. The van der Waals surface area contributed by atoms with Crippen molar-refractivity contribution in [3.8, 4) is 0 Å². The quantitative estimate of drug-likeness (QED) is 0.821. The summed E-state index contributed by atoms with van der Waals surface area (Å²) in [6, 6.07) is 10.7. The summed E-state index contributed by atoms with van der Waals surface area (Å²) in [6.07, 6.45) is 2.13. The minimum absolute atomic E-state index is 0.935. The third-order valence-electron chi connectivity index (χ3n) is 2.70. The molecule has 1 heterocycles. The van der Waals surface area contributed by atoms with Crippen molar-refractivity contribution in [1.29, 1.82) is 0 Å². The molecule has 2 aromatic rings. The first-order valence-electron chi connectivity index (χ1n) is 5.85. The van der Waals surface area contributed by atoms with Crippen LogP contribution in [0.1, 0.15) is 11.3 Å². The Balaban J connectivity index is 2.07. The van der Waals surface area contributed by atoms with Crippen LogP contribution in [0.2, 0.25) is 0 Å². The van der Waals surface area contributed by atoms with Gasteiger partial charge in [0, 0.05) is 29.9 Å². The largest absolute Gasteiger partial charge is 0.312 e. The van der Waals surface area contributed by atoms with Crippen molar-refractivity contribution in [3.05, 3.63) is 41.6 Å². The third kappa shape index (κ3) is 3.45. The molecule has 0 amide bonds. The highest BCUT2D eigenvalue weighted by Gasteiger charge is 1.98. The predicted octanol–water partition coefficient (Wildman–Crippen LogP) is 3.00. The van der Waals surface area contributed by atoms with E-state index in [1.165, 1.54) is 10.9 Å². The number of fused-ring (bicyclic) bond motifs is 1. The van der Waals surface area contributed by atoms with Crippen molar-refractivity contribution in [3.63, 3.8) is 0 Å². The maximum atomic E-state index is 4.50. The number of nitrogens with one attached hydrogen (secondary N) is 1. The third-order valence-corrected chi connectivity index (χ3v) is 3.32. The highest BCUT2D eigenvalue weighted by atomic mass is 32.2. The summed E-state index contributed by atoms with van der Waals surface area (Å²) in [7, 11) is 0. The van der Waals surface area contributed by atoms with Gasteiger partial charge in [0.2, 0.25) is 0 Å². The molecule has 1 N–H and O–H groups in total. The highest BCUT2D eigenvalue weighted by molar-refractivity contribution is 7.98. The van der Waals surface area contributed by atoms with Crippen molar-refractivity contribution in [1.82, 2.24) is 10.3 Å². The van der Waals surface area contributed by atoms with Gasteiger partial charge >= 0.3 is 0 Å². The zero-order chi connectivity index (χ0) is 12.1. The molecule has 0 saturated carbocycles. The van der Waals surface area contributed by atoms with E-state index in [1.54, 1.807) is 0 Å². The van der Waals surface area contributed by atoms with E-state index < -0.39 is 0 Å². The number of nitrogens with zero attached hydrogens (tertiary/aromatic N) is 1. The van der Waals surface area contributed by atoms with Gasteiger partial charge in [0.1, 0.15) is 0 Å². The maximum absolute atomic E-state index is 4.50. The summed E-state index contributed by atoms with van der Waals surface area (Å²) in [5.74, 6) is 1.16. The molecular formula is C14H18N2S. The van der Waals surface area contributed by atoms with Crippen molar-refractivity contribution in [2.45, 2.75) is 13.5 Å². The molecule has 3 heteroatoms. The van der Waals surface area contributed by atoms with Crippen LogP contribution in [0.4, 0.5) is 0 Å². The molecule has 0 aliphatic rings. The number of rotatable bonds is 5. The second kappa shape index (κ2) is 6.03. The summed E-state index contributed by atoms with van der Waals surface area (Å²) in [5.41, 5.74) is 3.48. The van der Waals surface area contributed by atoms with Crippen LogP contribution >= 0.6 is 11.8 Å². The van der Waals surface area contributed by atoms with E-state index in [9.17, 15) is 0 Å². The molecule has 0 unspecified atom stereocenters. The van der Waals surface area contributed by atoms with Crippen LogP contribution < -0.4 is 5.32 Å². The van der Waals surface area contributed by atoms with Crippen LogP contribution in [0.3, 0.4) is 0 Å². The number of aromatic nitrogens is 1. The first-order valence-corrected chi connectivity index (χ1v) is 7.25. The Hall–Kier alpha value is -1.06. The number of benzene rings is 1. The lowest BCUT2D eigenvalue weighted by atomic mass is 10.1. The van der Waals surface area contributed by atoms with Crippen molar-refractivity contribution >= 4 is 22.7 Å². The van der Waals surface area contributed by atoms with Gasteiger partial charge in [0.25, 0.3) is 0 Å². The van der Waals surface area contributed by atoms with Gasteiger partial charge in [-0.25, -0.2) is 0 Å². The molecule has 1 aromatic carbocycles. The van der Waals surface area contributed by atoms with E-state index in [2.05, 4.69) is 46.9 Å². The van der Waals surface area contributed by atoms with Gasteiger partial charge in [-0.05, 0) is 36.9 Å². The molecule has 2 nitrogen and oxygen atoms in total. The molecular weight excluding hydrogens is 228 g/mol. The lowest BCUT2D eigenvalue weighted by Crippen LogP contribution is -2.16. The van der Waals surface area contributed by atoms with Gasteiger partial charge < -0.3 is 5.32 Å². The second-order valence-corrected chi connectivity index (χ2v) is 5.13. The Morgan fingerprint density at radius 3 is 2.94 bits per heavy atom. The summed E-state index contributed by atoms with van der Waals surface area (Å²) in [4.78, 5) is 4.50. The Bertz CT molecular complexity index is 497. The fourth-order valence-electron chi connectivity index (χ4n) is 1.79. The number of aryl methyl sites for hydroxylation is 1. The molecule has 0 atom stereocenters. The Labute approximate surface area is 107 Å². The standard InChI is InChI=1S/C14H18N2S/c1-11-3-5-13-9-12(4-6-14(13)16-11)10-15-7-8-17-2/h3-6,9,15H,7-8,10H2,1-2H3. The number of pyridine rings is 1. The van der Waals surface area contributed by atoms with Crippen LogP contribution in [0.5, 0.6) is 0 Å². The second-order valence-electron chi connectivity index (χ2n) is 4.15. The molecule has 0 bridgehead atoms. The maximum Gasteiger partial charge on any atom is 0.0705 e. The predicted molar refractivity (Wildman–Crippen MR) is 76.6 cm³/mol. The SMILES string of the molecule is CSCCNCc1ccc2nc(C)ccc2c1. The van der Waals surface area contributed by atoms with E-state index in [0.717, 1.165) is 30.1 Å². The van der Waals surface area contributed by atoms with Crippen LogP contribution in [-0.4, -0.2) is 23.5 Å². The zero-order valence-electron chi connectivity index (χ0n) is 10.4. The van der Waals surface area contributed by atoms with Gasteiger partial charge in [-0.2, -0.15) is 11.8 Å². The lowest BCUT2D eigenvalue weighted by molar-refractivity contribution is 0.733. The fourth-order valence-corrected chi connectivity index (χ4v) is 2.14. The average molecular weight is 246 g/mol. The van der Waals surface area contributed by atoms with Crippen LogP contribution in [0, 0.1) is 6.92 Å². The lowest BCUT2D eigenvalue weighted by Gasteiger charge is -2.05. The van der Waals surface area contributed by atoms with E-state index in [1.807, 2.05) is 18.7 Å². The van der Waals surface area contributed by atoms with Gasteiger partial charge in [-0.15, -0.1) is 0 Å². The molecule has 0 fully saturated rings. The zero-order valence-corrected chi connectivity index (χ0v) is 11.2. The fraction of sp³-hybridized carbons (Fsp3) is 0.357. The molecule has 1 aromatic heterocycles. The summed E-state index contributed by atoms with van der Waals surface area (Å²) >= 11 is 1.87. The summed E-state index contributed by atoms with van der Waals surface area (Å²) in [5, 5.41) is 4.66. The molecule has 0 saturated heterocycles. The monoisotopic (exact) mass is 246 g/mol. The Morgan fingerprint density at radius 1 is 1.24 bits per heavy atom. The smallest absolute Gasteiger partial charge is 0.0705 e. The van der Waals surface area contributed by atoms with E-state index in [0.29, 0.717) is 0 Å². The molecule has 17 heavy (non-hydrogen) atoms. The molecule has 0 spiro atoms. The van der Waals surface area contributed by atoms with Crippen molar-refractivity contribution in [2.24, 2.45) is 0 Å². The van der Waals surface area contributed by atoms with Gasteiger partial charge in [-0.1, -0.05) is 12.1 Å². The molecule has 0 aliphatic heterocycles.